The molecule has 0 fully saturated rings. The third-order valence-corrected chi connectivity index (χ3v) is 3.43. The third-order valence-electron chi connectivity index (χ3n) is 2.41. The van der Waals surface area contributed by atoms with Crippen molar-refractivity contribution >= 4 is 10.1 Å². The molecule has 0 saturated heterocycles. The van der Waals surface area contributed by atoms with E-state index in [1.165, 1.54) is 0 Å². The Bertz CT molecular complexity index is 298. The lowest BCUT2D eigenvalue weighted by Crippen LogP contribution is -2.30. The Morgan fingerprint density at radius 3 is 1.69 bits per heavy atom. The van der Waals surface area contributed by atoms with Crippen molar-refractivity contribution in [2.45, 2.75) is 33.2 Å². The quantitative estimate of drug-likeness (QED) is 0.565. The first-order valence-corrected chi connectivity index (χ1v) is 6.35. The summed E-state index contributed by atoms with van der Waals surface area (Å²) in [7, 11) is -5.46. The van der Waals surface area contributed by atoms with Gasteiger partial charge in [-0.2, -0.15) is 21.6 Å². The zero-order valence-electron chi connectivity index (χ0n) is 9.71. The lowest BCUT2D eigenvalue weighted by Gasteiger charge is -2.24. The predicted molar refractivity (Wildman–Crippen MR) is 54.1 cm³/mol. The van der Waals surface area contributed by atoms with Gasteiger partial charge in [0.2, 0.25) is 0 Å². The van der Waals surface area contributed by atoms with E-state index in [1.54, 1.807) is 0 Å². The Hall–Kier alpha value is -0.300. The number of alkyl halides is 3. The highest BCUT2D eigenvalue weighted by molar-refractivity contribution is 7.87. The molecule has 7 heteroatoms. The molecule has 0 saturated carbocycles. The van der Waals surface area contributed by atoms with E-state index in [2.05, 4.69) is 4.18 Å². The number of rotatable bonds is 5. The fraction of sp³-hybridized carbons (Fsp3) is 1.00. The molecule has 0 heterocycles. The standard InChI is InChI=1S/C9H17F3O3S/c1-6(2)8(7(3)4)5-15-16(13,14)9(10,11)12/h6-8H,5H2,1-4H3. The topological polar surface area (TPSA) is 43.4 Å². The number of hydrogen-bond donors (Lipinski definition) is 0. The van der Waals surface area contributed by atoms with Crippen LogP contribution in [-0.2, 0) is 14.3 Å². The van der Waals surface area contributed by atoms with Gasteiger partial charge in [-0.1, -0.05) is 27.7 Å². The summed E-state index contributed by atoms with van der Waals surface area (Å²) >= 11 is 0. The van der Waals surface area contributed by atoms with Gasteiger partial charge in [0.15, 0.2) is 0 Å². The molecule has 0 aliphatic carbocycles. The van der Waals surface area contributed by atoms with Crippen LogP contribution in [0.2, 0.25) is 0 Å². The monoisotopic (exact) mass is 262 g/mol. The normalized spacial score (nSPS) is 14.1. The Morgan fingerprint density at radius 2 is 1.44 bits per heavy atom. The van der Waals surface area contributed by atoms with Crippen molar-refractivity contribution in [2.75, 3.05) is 6.61 Å². The molecule has 0 aromatic rings. The average molecular weight is 262 g/mol. The van der Waals surface area contributed by atoms with E-state index >= 15 is 0 Å². The van der Waals surface area contributed by atoms with Gasteiger partial charge in [0.05, 0.1) is 6.61 Å². The Balaban J connectivity index is 4.56. The third kappa shape index (κ3) is 4.29. The molecule has 98 valence electrons. The van der Waals surface area contributed by atoms with Crippen molar-refractivity contribution in [2.24, 2.45) is 17.8 Å². The Labute approximate surface area is 94.1 Å². The molecule has 0 atom stereocenters. The van der Waals surface area contributed by atoms with E-state index in [0.717, 1.165) is 0 Å². The largest absolute Gasteiger partial charge is 0.523 e. The lowest BCUT2D eigenvalue weighted by atomic mass is 9.86. The van der Waals surface area contributed by atoms with Crippen LogP contribution < -0.4 is 0 Å². The summed E-state index contributed by atoms with van der Waals surface area (Å²) in [6.07, 6.45) is 0. The summed E-state index contributed by atoms with van der Waals surface area (Å²) in [5.41, 5.74) is -5.34. The van der Waals surface area contributed by atoms with Gasteiger partial charge in [-0.3, -0.25) is 4.18 Å². The maximum Gasteiger partial charge on any atom is 0.523 e. The Kier molecular flexibility index (Phi) is 5.25. The molecule has 0 radical (unpaired) electrons. The van der Waals surface area contributed by atoms with Crippen LogP contribution in [0.1, 0.15) is 27.7 Å². The van der Waals surface area contributed by atoms with Gasteiger partial charge in [0.25, 0.3) is 0 Å². The second kappa shape index (κ2) is 5.35. The maximum absolute atomic E-state index is 12.0. The van der Waals surface area contributed by atoms with Gasteiger partial charge >= 0.3 is 15.6 Å². The number of halogens is 3. The van der Waals surface area contributed by atoms with Crippen LogP contribution in [0.4, 0.5) is 13.2 Å². The molecule has 0 bridgehead atoms. The van der Waals surface area contributed by atoms with Gasteiger partial charge in [-0.15, -0.1) is 0 Å². The van der Waals surface area contributed by atoms with Crippen molar-refractivity contribution in [1.82, 2.24) is 0 Å². The van der Waals surface area contributed by atoms with Gasteiger partial charge in [-0.25, -0.2) is 0 Å². The second-order valence-corrected chi connectivity index (χ2v) is 5.94. The molecule has 0 aromatic carbocycles. The van der Waals surface area contributed by atoms with Crippen molar-refractivity contribution in [3.8, 4) is 0 Å². The molecule has 0 amide bonds. The summed E-state index contributed by atoms with van der Waals surface area (Å²) in [6, 6.07) is 0. The van der Waals surface area contributed by atoms with E-state index in [-0.39, 0.29) is 17.8 Å². The van der Waals surface area contributed by atoms with Crippen molar-refractivity contribution in [3.05, 3.63) is 0 Å². The highest BCUT2D eigenvalue weighted by Crippen LogP contribution is 2.27. The first-order chi connectivity index (χ1) is 6.99. The molecule has 0 unspecified atom stereocenters. The van der Waals surface area contributed by atoms with E-state index < -0.39 is 22.2 Å². The van der Waals surface area contributed by atoms with Crippen LogP contribution in [0.15, 0.2) is 0 Å². The number of hydrogen-bond acceptors (Lipinski definition) is 3. The SMILES string of the molecule is CC(C)C(COS(=O)(=O)C(F)(F)F)C(C)C. The summed E-state index contributed by atoms with van der Waals surface area (Å²) < 4.78 is 61.3. The average Bonchev–Trinajstić information content (AvgIpc) is 1.99. The van der Waals surface area contributed by atoms with Gasteiger partial charge in [-0.05, 0) is 17.8 Å². The fourth-order valence-corrected chi connectivity index (χ4v) is 1.86. The van der Waals surface area contributed by atoms with E-state index in [4.69, 9.17) is 0 Å². The molecule has 16 heavy (non-hydrogen) atoms. The van der Waals surface area contributed by atoms with E-state index in [1.807, 2.05) is 27.7 Å². The van der Waals surface area contributed by atoms with Crippen LogP contribution >= 0.6 is 0 Å². The zero-order chi connectivity index (χ0) is 13.1. The minimum absolute atomic E-state index is 0.0587. The molecule has 0 spiro atoms. The molecular formula is C9H17F3O3S. The molecule has 0 aliphatic rings. The minimum atomic E-state index is -5.46. The van der Waals surface area contributed by atoms with Crippen molar-refractivity contribution < 1.29 is 25.8 Å². The van der Waals surface area contributed by atoms with Crippen LogP contribution in [0.5, 0.6) is 0 Å². The van der Waals surface area contributed by atoms with Crippen molar-refractivity contribution in [1.29, 1.82) is 0 Å². The smallest absolute Gasteiger partial charge is 0.263 e. The van der Waals surface area contributed by atoms with E-state index in [0.29, 0.717) is 0 Å². The van der Waals surface area contributed by atoms with Crippen LogP contribution in [-0.4, -0.2) is 20.5 Å². The predicted octanol–water partition coefficient (Wildman–Crippen LogP) is 2.78. The molecule has 0 N–H and O–H groups in total. The van der Waals surface area contributed by atoms with Crippen LogP contribution in [0.3, 0.4) is 0 Å². The molecule has 0 aromatic heterocycles. The lowest BCUT2D eigenvalue weighted by molar-refractivity contribution is -0.0559. The fourth-order valence-electron chi connectivity index (χ4n) is 1.39. The summed E-state index contributed by atoms with van der Waals surface area (Å²) in [6.45, 7) is 6.82. The van der Waals surface area contributed by atoms with Crippen molar-refractivity contribution in [3.63, 3.8) is 0 Å². The first kappa shape index (κ1) is 15.7. The first-order valence-electron chi connectivity index (χ1n) is 4.94. The van der Waals surface area contributed by atoms with Gasteiger partial charge in [0.1, 0.15) is 0 Å². The maximum atomic E-state index is 12.0. The molecular weight excluding hydrogens is 245 g/mol. The highest BCUT2D eigenvalue weighted by Gasteiger charge is 2.47. The highest BCUT2D eigenvalue weighted by atomic mass is 32.2. The van der Waals surface area contributed by atoms with Crippen LogP contribution in [0.25, 0.3) is 0 Å². The Morgan fingerprint density at radius 1 is 1.06 bits per heavy atom. The summed E-state index contributed by atoms with van der Waals surface area (Å²) in [5.74, 6) is -0.107. The van der Waals surface area contributed by atoms with Gasteiger partial charge in [0, 0.05) is 0 Å². The molecule has 0 rings (SSSR count). The zero-order valence-corrected chi connectivity index (χ0v) is 10.5. The summed E-state index contributed by atoms with van der Waals surface area (Å²) in [5, 5.41) is 0. The molecule has 0 aliphatic heterocycles. The van der Waals surface area contributed by atoms with E-state index in [9.17, 15) is 21.6 Å². The van der Waals surface area contributed by atoms with Gasteiger partial charge < -0.3 is 0 Å². The summed E-state index contributed by atoms with van der Waals surface area (Å²) in [4.78, 5) is 0. The minimum Gasteiger partial charge on any atom is -0.263 e. The second-order valence-electron chi connectivity index (χ2n) is 4.34. The molecule has 3 nitrogen and oxygen atoms in total. The van der Waals surface area contributed by atoms with Crippen LogP contribution in [0, 0.1) is 17.8 Å².